The molecule has 0 spiro atoms. The molecule has 1 heterocycles. The molecule has 4 heteroatoms. The fraction of sp³-hybridized carbons (Fsp3) is 0.750. The third-order valence-corrected chi connectivity index (χ3v) is 3.18. The molecule has 4 nitrogen and oxygen atoms in total. The van der Waals surface area contributed by atoms with Crippen molar-refractivity contribution < 1.29 is 0 Å². The maximum atomic E-state index is 6.12. The zero-order chi connectivity index (χ0) is 12.3. The standard InChI is InChI=1S/C12H24N4/c1-6-9(4)15(7-2)12-11(13)10(5)14-16(12)8-3/h9H,6-8,13H2,1-5H3. The molecule has 1 rings (SSSR count). The zero-order valence-electron chi connectivity index (χ0n) is 11.1. The molecule has 0 fully saturated rings. The van der Waals surface area contributed by atoms with Crippen LogP contribution in [0, 0.1) is 6.92 Å². The van der Waals surface area contributed by atoms with Crippen molar-refractivity contribution in [1.29, 1.82) is 0 Å². The van der Waals surface area contributed by atoms with E-state index in [1.54, 1.807) is 0 Å². The van der Waals surface area contributed by atoms with Crippen LogP contribution >= 0.6 is 0 Å². The number of aryl methyl sites for hydroxylation is 2. The van der Waals surface area contributed by atoms with Gasteiger partial charge in [0.2, 0.25) is 0 Å². The van der Waals surface area contributed by atoms with Gasteiger partial charge >= 0.3 is 0 Å². The molecular formula is C12H24N4. The monoisotopic (exact) mass is 224 g/mol. The third-order valence-electron chi connectivity index (χ3n) is 3.18. The van der Waals surface area contributed by atoms with Crippen molar-refractivity contribution in [3.05, 3.63) is 5.69 Å². The van der Waals surface area contributed by atoms with Crippen molar-refractivity contribution in [2.24, 2.45) is 0 Å². The van der Waals surface area contributed by atoms with Crippen molar-refractivity contribution in [3.8, 4) is 0 Å². The van der Waals surface area contributed by atoms with Crippen LogP contribution in [0.1, 0.15) is 39.8 Å². The molecule has 0 saturated carbocycles. The second-order valence-electron chi connectivity index (χ2n) is 4.18. The predicted molar refractivity (Wildman–Crippen MR) is 69.8 cm³/mol. The molecule has 0 aliphatic rings. The average molecular weight is 224 g/mol. The summed E-state index contributed by atoms with van der Waals surface area (Å²) in [5.41, 5.74) is 7.88. The van der Waals surface area contributed by atoms with Crippen LogP contribution in [0.25, 0.3) is 0 Å². The van der Waals surface area contributed by atoms with Crippen LogP contribution in [-0.2, 0) is 6.54 Å². The van der Waals surface area contributed by atoms with Crippen molar-refractivity contribution in [2.75, 3.05) is 17.2 Å². The maximum absolute atomic E-state index is 6.12. The lowest BCUT2D eigenvalue weighted by molar-refractivity contribution is 0.577. The summed E-state index contributed by atoms with van der Waals surface area (Å²) < 4.78 is 2.00. The van der Waals surface area contributed by atoms with E-state index in [1.165, 1.54) is 0 Å². The van der Waals surface area contributed by atoms with E-state index in [0.717, 1.165) is 36.7 Å². The Morgan fingerprint density at radius 1 is 1.38 bits per heavy atom. The molecule has 0 saturated heterocycles. The first-order chi connectivity index (χ1) is 7.56. The summed E-state index contributed by atoms with van der Waals surface area (Å²) in [6.45, 7) is 12.5. The van der Waals surface area contributed by atoms with Gasteiger partial charge in [-0.15, -0.1) is 0 Å². The van der Waals surface area contributed by atoms with Crippen molar-refractivity contribution in [2.45, 2.75) is 53.6 Å². The summed E-state index contributed by atoms with van der Waals surface area (Å²) >= 11 is 0. The SMILES string of the molecule is CCC(C)N(CC)c1c(N)c(C)nn1CC. The normalized spacial score (nSPS) is 12.8. The minimum absolute atomic E-state index is 0.494. The third kappa shape index (κ3) is 2.15. The van der Waals surface area contributed by atoms with E-state index >= 15 is 0 Å². The van der Waals surface area contributed by atoms with E-state index in [9.17, 15) is 0 Å². The number of aromatic nitrogens is 2. The Kier molecular flexibility index (Phi) is 4.21. The van der Waals surface area contributed by atoms with Gasteiger partial charge in [-0.3, -0.25) is 0 Å². The van der Waals surface area contributed by atoms with E-state index in [1.807, 2.05) is 11.6 Å². The van der Waals surface area contributed by atoms with Gasteiger partial charge in [-0.05, 0) is 34.1 Å². The summed E-state index contributed by atoms with van der Waals surface area (Å²) in [5, 5.41) is 4.46. The van der Waals surface area contributed by atoms with Gasteiger partial charge in [0, 0.05) is 19.1 Å². The average Bonchev–Trinajstić information content (AvgIpc) is 2.57. The van der Waals surface area contributed by atoms with Gasteiger partial charge in [-0.2, -0.15) is 5.10 Å². The molecule has 1 atom stereocenters. The zero-order valence-corrected chi connectivity index (χ0v) is 11.1. The molecule has 0 aliphatic carbocycles. The molecule has 0 radical (unpaired) electrons. The number of anilines is 2. The largest absolute Gasteiger partial charge is 0.394 e. The molecule has 0 amide bonds. The minimum atomic E-state index is 0.494. The van der Waals surface area contributed by atoms with E-state index in [-0.39, 0.29) is 0 Å². The first kappa shape index (κ1) is 12.9. The van der Waals surface area contributed by atoms with Crippen LogP contribution in [0.5, 0.6) is 0 Å². The van der Waals surface area contributed by atoms with Gasteiger partial charge in [-0.25, -0.2) is 4.68 Å². The summed E-state index contributed by atoms with van der Waals surface area (Å²) in [7, 11) is 0. The van der Waals surface area contributed by atoms with Crippen LogP contribution in [0.3, 0.4) is 0 Å². The Morgan fingerprint density at radius 2 is 2.00 bits per heavy atom. The lowest BCUT2D eigenvalue weighted by atomic mass is 10.2. The highest BCUT2D eigenvalue weighted by molar-refractivity contribution is 5.66. The topological polar surface area (TPSA) is 47.1 Å². The Bertz CT molecular complexity index is 343. The Balaban J connectivity index is 3.17. The molecule has 0 aliphatic heterocycles. The van der Waals surface area contributed by atoms with E-state index in [4.69, 9.17) is 5.73 Å². The van der Waals surface area contributed by atoms with Gasteiger partial charge in [0.05, 0.1) is 11.4 Å². The van der Waals surface area contributed by atoms with Gasteiger partial charge in [-0.1, -0.05) is 6.92 Å². The second-order valence-corrected chi connectivity index (χ2v) is 4.18. The van der Waals surface area contributed by atoms with Crippen molar-refractivity contribution >= 4 is 11.5 Å². The number of nitrogen functional groups attached to an aromatic ring is 1. The fourth-order valence-electron chi connectivity index (χ4n) is 2.00. The Morgan fingerprint density at radius 3 is 2.44 bits per heavy atom. The van der Waals surface area contributed by atoms with Crippen LogP contribution in [0.4, 0.5) is 11.5 Å². The van der Waals surface area contributed by atoms with E-state index < -0.39 is 0 Å². The number of hydrogen-bond acceptors (Lipinski definition) is 3. The van der Waals surface area contributed by atoms with Crippen LogP contribution < -0.4 is 10.6 Å². The highest BCUT2D eigenvalue weighted by atomic mass is 15.4. The maximum Gasteiger partial charge on any atom is 0.150 e. The highest BCUT2D eigenvalue weighted by Gasteiger charge is 2.20. The summed E-state index contributed by atoms with van der Waals surface area (Å²) in [6.07, 6.45) is 1.11. The number of rotatable bonds is 5. The van der Waals surface area contributed by atoms with Crippen LogP contribution in [0.2, 0.25) is 0 Å². The van der Waals surface area contributed by atoms with Gasteiger partial charge in [0.15, 0.2) is 5.82 Å². The van der Waals surface area contributed by atoms with Crippen LogP contribution in [0.15, 0.2) is 0 Å². The predicted octanol–water partition coefficient (Wildman–Crippen LogP) is 2.42. The Hall–Kier alpha value is -1.19. The van der Waals surface area contributed by atoms with Gasteiger partial charge < -0.3 is 10.6 Å². The molecule has 0 aromatic carbocycles. The highest BCUT2D eigenvalue weighted by Crippen LogP contribution is 2.28. The molecule has 1 unspecified atom stereocenters. The first-order valence-corrected chi connectivity index (χ1v) is 6.16. The number of nitrogens with zero attached hydrogens (tertiary/aromatic N) is 3. The quantitative estimate of drug-likeness (QED) is 0.835. The summed E-state index contributed by atoms with van der Waals surface area (Å²) in [5.74, 6) is 1.08. The van der Waals surface area contributed by atoms with Gasteiger partial charge in [0.25, 0.3) is 0 Å². The number of hydrogen-bond donors (Lipinski definition) is 1. The molecule has 92 valence electrons. The number of nitrogens with two attached hydrogens (primary N) is 1. The fourth-order valence-corrected chi connectivity index (χ4v) is 2.00. The van der Waals surface area contributed by atoms with Gasteiger partial charge in [0.1, 0.15) is 0 Å². The molecule has 2 N–H and O–H groups in total. The summed E-state index contributed by atoms with van der Waals surface area (Å²) in [4.78, 5) is 2.33. The molecular weight excluding hydrogens is 200 g/mol. The van der Waals surface area contributed by atoms with Crippen LogP contribution in [-0.4, -0.2) is 22.4 Å². The lowest BCUT2D eigenvalue weighted by Crippen LogP contribution is -2.34. The smallest absolute Gasteiger partial charge is 0.150 e. The summed E-state index contributed by atoms with van der Waals surface area (Å²) in [6, 6.07) is 0.494. The molecule has 1 aromatic rings. The molecule has 0 bridgehead atoms. The van der Waals surface area contributed by atoms with E-state index in [0.29, 0.717) is 6.04 Å². The van der Waals surface area contributed by atoms with Crippen molar-refractivity contribution in [1.82, 2.24) is 9.78 Å². The second kappa shape index (κ2) is 5.23. The molecule has 16 heavy (non-hydrogen) atoms. The first-order valence-electron chi connectivity index (χ1n) is 6.16. The molecule has 1 aromatic heterocycles. The Labute approximate surface area is 98.4 Å². The van der Waals surface area contributed by atoms with Crippen molar-refractivity contribution in [3.63, 3.8) is 0 Å². The lowest BCUT2D eigenvalue weighted by Gasteiger charge is -2.30. The minimum Gasteiger partial charge on any atom is -0.394 e. The van der Waals surface area contributed by atoms with E-state index in [2.05, 4.69) is 37.7 Å².